The molecule has 0 unspecified atom stereocenters. The molecule has 0 saturated carbocycles. The lowest BCUT2D eigenvalue weighted by molar-refractivity contribution is 0.0992. The number of carbonyl (C=O) groups is 1. The van der Waals surface area contributed by atoms with Crippen LogP contribution in [0.15, 0.2) is 52.9 Å². The van der Waals surface area contributed by atoms with Crippen LogP contribution in [-0.4, -0.2) is 12.9 Å². The van der Waals surface area contributed by atoms with E-state index in [-0.39, 0.29) is 5.78 Å². The second-order valence-corrected chi connectivity index (χ2v) is 5.95. The number of Topliss-reactive ketones (excluding diaryl/α,β-unsaturated/α-hetero) is 1. The van der Waals surface area contributed by atoms with Gasteiger partial charge in [-0.3, -0.25) is 4.79 Å². The van der Waals surface area contributed by atoms with Crippen LogP contribution in [0.25, 0.3) is 11.0 Å². The number of methoxy groups -OCH3 is 1. The standard InChI is InChI=1S/C21H22O3/c1-3-4-8-20-21(17-7-5-6-9-19(17)24-20)18(22)14-15-10-12-16(23-2)13-11-15/h5-7,9-13H,3-4,8,14H2,1-2H3. The molecule has 0 spiro atoms. The van der Waals surface area contributed by atoms with E-state index in [1.165, 1.54) is 0 Å². The fraction of sp³-hybridized carbons (Fsp3) is 0.286. The van der Waals surface area contributed by atoms with Crippen molar-refractivity contribution < 1.29 is 13.9 Å². The van der Waals surface area contributed by atoms with E-state index in [0.717, 1.165) is 52.9 Å². The fourth-order valence-corrected chi connectivity index (χ4v) is 2.93. The Hall–Kier alpha value is -2.55. The minimum Gasteiger partial charge on any atom is -0.497 e. The van der Waals surface area contributed by atoms with Crippen LogP contribution in [0.5, 0.6) is 5.75 Å². The van der Waals surface area contributed by atoms with Crippen molar-refractivity contribution in [3.8, 4) is 5.75 Å². The van der Waals surface area contributed by atoms with Crippen LogP contribution in [-0.2, 0) is 12.8 Å². The summed E-state index contributed by atoms with van der Waals surface area (Å²) >= 11 is 0. The Morgan fingerprint density at radius 3 is 2.54 bits per heavy atom. The molecule has 0 atom stereocenters. The van der Waals surface area contributed by atoms with Gasteiger partial charge in [-0.15, -0.1) is 0 Å². The molecule has 0 bridgehead atoms. The van der Waals surface area contributed by atoms with Crippen LogP contribution in [0.2, 0.25) is 0 Å². The number of furan rings is 1. The van der Waals surface area contributed by atoms with Gasteiger partial charge >= 0.3 is 0 Å². The van der Waals surface area contributed by atoms with Crippen LogP contribution in [0.4, 0.5) is 0 Å². The highest BCUT2D eigenvalue weighted by Crippen LogP contribution is 2.28. The summed E-state index contributed by atoms with van der Waals surface area (Å²) in [7, 11) is 1.64. The summed E-state index contributed by atoms with van der Waals surface area (Å²) in [6.45, 7) is 2.14. The minimum absolute atomic E-state index is 0.108. The van der Waals surface area contributed by atoms with Gasteiger partial charge in [0.1, 0.15) is 17.1 Å². The lowest BCUT2D eigenvalue weighted by Gasteiger charge is -2.05. The van der Waals surface area contributed by atoms with Crippen molar-refractivity contribution in [3.05, 3.63) is 65.4 Å². The highest BCUT2D eigenvalue weighted by molar-refractivity contribution is 6.09. The molecular formula is C21H22O3. The number of unbranched alkanes of at least 4 members (excludes halogenated alkanes) is 1. The number of ether oxygens (including phenoxy) is 1. The Morgan fingerprint density at radius 1 is 1.08 bits per heavy atom. The van der Waals surface area contributed by atoms with E-state index in [1.807, 2.05) is 48.5 Å². The van der Waals surface area contributed by atoms with Crippen molar-refractivity contribution in [2.45, 2.75) is 32.6 Å². The monoisotopic (exact) mass is 322 g/mol. The summed E-state index contributed by atoms with van der Waals surface area (Å²) in [5.74, 6) is 1.72. The van der Waals surface area contributed by atoms with E-state index in [4.69, 9.17) is 9.15 Å². The number of ketones is 1. The molecule has 3 heteroatoms. The zero-order valence-corrected chi connectivity index (χ0v) is 14.2. The molecule has 3 rings (SSSR count). The number of para-hydroxylation sites is 1. The first-order chi connectivity index (χ1) is 11.7. The summed E-state index contributed by atoms with van der Waals surface area (Å²) < 4.78 is 11.1. The quantitative estimate of drug-likeness (QED) is 0.561. The Balaban J connectivity index is 1.92. The molecule has 0 radical (unpaired) electrons. The van der Waals surface area contributed by atoms with E-state index in [2.05, 4.69) is 6.92 Å². The molecule has 24 heavy (non-hydrogen) atoms. The van der Waals surface area contributed by atoms with Crippen LogP contribution in [0, 0.1) is 0 Å². The molecule has 3 aromatic rings. The first-order valence-electron chi connectivity index (χ1n) is 8.39. The maximum absolute atomic E-state index is 12.9. The number of carbonyl (C=O) groups excluding carboxylic acids is 1. The van der Waals surface area contributed by atoms with Gasteiger partial charge in [0.2, 0.25) is 0 Å². The summed E-state index contributed by atoms with van der Waals surface area (Å²) in [4.78, 5) is 12.9. The molecule has 0 amide bonds. The highest BCUT2D eigenvalue weighted by atomic mass is 16.5. The Kier molecular flexibility index (Phi) is 4.99. The zero-order chi connectivity index (χ0) is 16.9. The predicted octanol–water partition coefficient (Wildman–Crippen LogP) is 5.21. The molecule has 124 valence electrons. The SMILES string of the molecule is CCCCc1oc2ccccc2c1C(=O)Cc1ccc(OC)cc1. The lowest BCUT2D eigenvalue weighted by Crippen LogP contribution is -2.06. The summed E-state index contributed by atoms with van der Waals surface area (Å²) in [6, 6.07) is 15.4. The van der Waals surface area contributed by atoms with Gasteiger partial charge in [0.25, 0.3) is 0 Å². The van der Waals surface area contributed by atoms with Gasteiger partial charge in [-0.05, 0) is 30.2 Å². The van der Waals surface area contributed by atoms with Crippen LogP contribution < -0.4 is 4.74 Å². The molecule has 0 N–H and O–H groups in total. The van der Waals surface area contributed by atoms with Crippen LogP contribution >= 0.6 is 0 Å². The molecule has 0 aliphatic carbocycles. The summed E-state index contributed by atoms with van der Waals surface area (Å²) in [5.41, 5.74) is 2.52. The van der Waals surface area contributed by atoms with Crippen LogP contribution in [0.3, 0.4) is 0 Å². The first kappa shape index (κ1) is 16.3. The Labute approximate surface area is 142 Å². The fourth-order valence-electron chi connectivity index (χ4n) is 2.93. The number of hydrogen-bond donors (Lipinski definition) is 0. The number of hydrogen-bond acceptors (Lipinski definition) is 3. The van der Waals surface area contributed by atoms with Crippen molar-refractivity contribution in [2.24, 2.45) is 0 Å². The van der Waals surface area contributed by atoms with Crippen molar-refractivity contribution in [1.82, 2.24) is 0 Å². The van der Waals surface area contributed by atoms with Gasteiger partial charge in [-0.1, -0.05) is 43.7 Å². The maximum Gasteiger partial charge on any atom is 0.171 e. The lowest BCUT2D eigenvalue weighted by atomic mass is 9.98. The molecule has 0 saturated heterocycles. The number of rotatable bonds is 7. The smallest absolute Gasteiger partial charge is 0.171 e. The Morgan fingerprint density at radius 2 is 1.83 bits per heavy atom. The second kappa shape index (κ2) is 7.35. The number of fused-ring (bicyclic) bond motifs is 1. The summed E-state index contributed by atoms with van der Waals surface area (Å²) in [6.07, 6.45) is 3.26. The van der Waals surface area contributed by atoms with E-state index < -0.39 is 0 Å². The zero-order valence-electron chi connectivity index (χ0n) is 14.2. The maximum atomic E-state index is 12.9. The van der Waals surface area contributed by atoms with Gasteiger partial charge in [0, 0.05) is 18.2 Å². The number of aryl methyl sites for hydroxylation is 1. The average Bonchev–Trinajstić information content (AvgIpc) is 2.99. The molecule has 1 aromatic heterocycles. The second-order valence-electron chi connectivity index (χ2n) is 5.95. The molecular weight excluding hydrogens is 300 g/mol. The van der Waals surface area contributed by atoms with E-state index in [1.54, 1.807) is 7.11 Å². The predicted molar refractivity (Wildman–Crippen MR) is 95.9 cm³/mol. The first-order valence-corrected chi connectivity index (χ1v) is 8.39. The summed E-state index contributed by atoms with van der Waals surface area (Å²) in [5, 5.41) is 0.919. The van der Waals surface area contributed by atoms with Gasteiger partial charge in [0.05, 0.1) is 12.7 Å². The van der Waals surface area contributed by atoms with Gasteiger partial charge in [-0.25, -0.2) is 0 Å². The van der Waals surface area contributed by atoms with E-state index >= 15 is 0 Å². The third-order valence-corrected chi connectivity index (χ3v) is 4.23. The molecule has 0 aliphatic heterocycles. The van der Waals surface area contributed by atoms with Crippen molar-refractivity contribution >= 4 is 16.8 Å². The van der Waals surface area contributed by atoms with E-state index in [0.29, 0.717) is 6.42 Å². The molecule has 2 aromatic carbocycles. The third kappa shape index (κ3) is 3.35. The molecule has 3 nitrogen and oxygen atoms in total. The van der Waals surface area contributed by atoms with Gasteiger partial charge in [-0.2, -0.15) is 0 Å². The molecule has 1 heterocycles. The van der Waals surface area contributed by atoms with Crippen molar-refractivity contribution in [1.29, 1.82) is 0 Å². The topological polar surface area (TPSA) is 39.4 Å². The number of benzene rings is 2. The van der Waals surface area contributed by atoms with Crippen molar-refractivity contribution in [2.75, 3.05) is 7.11 Å². The van der Waals surface area contributed by atoms with Crippen LogP contribution in [0.1, 0.15) is 41.4 Å². The van der Waals surface area contributed by atoms with Gasteiger partial charge < -0.3 is 9.15 Å². The molecule has 0 fully saturated rings. The van der Waals surface area contributed by atoms with Crippen molar-refractivity contribution in [3.63, 3.8) is 0 Å². The Bertz CT molecular complexity index is 828. The van der Waals surface area contributed by atoms with E-state index in [9.17, 15) is 4.79 Å². The normalized spacial score (nSPS) is 10.9. The molecule has 0 aliphatic rings. The highest BCUT2D eigenvalue weighted by Gasteiger charge is 2.20. The third-order valence-electron chi connectivity index (χ3n) is 4.23. The largest absolute Gasteiger partial charge is 0.497 e. The van der Waals surface area contributed by atoms with Gasteiger partial charge in [0.15, 0.2) is 5.78 Å². The minimum atomic E-state index is 0.108. The average molecular weight is 322 g/mol.